The molecule has 50 heavy (non-hydrogen) atoms. The van der Waals surface area contributed by atoms with Crippen LogP contribution in [0.5, 0.6) is 0 Å². The second-order valence-electron chi connectivity index (χ2n) is 10.8. The standard InChI is InChI=1S/C19H18F3N9O2.C11H13N3O3/c1-10-9-30-17(27-10)15(11(2)33-3)14(8-26-30)29-18(32)28-12-6-13(19(20,21)22)16(23-7-12)31-24-4-5-25-31;1-6-5-14-10(13-6)9(7(2)17-3)8(4-12-14)11(15)16/h4-9,11H,1-3H3,(H2,28,29,32);4-5,7H,1-3H3,(H,15,16). The van der Waals surface area contributed by atoms with Gasteiger partial charge in [-0.2, -0.15) is 33.6 Å². The number of methoxy groups -OCH3 is 2. The summed E-state index contributed by atoms with van der Waals surface area (Å²) in [6.07, 6.45) is 4.16. The molecule has 0 radical (unpaired) electrons. The van der Waals surface area contributed by atoms with E-state index in [1.54, 1.807) is 42.2 Å². The molecular formula is C30H31F3N12O5. The van der Waals surface area contributed by atoms with E-state index in [0.717, 1.165) is 22.8 Å². The molecule has 0 saturated heterocycles. The summed E-state index contributed by atoms with van der Waals surface area (Å²) in [6.45, 7) is 7.18. The second kappa shape index (κ2) is 14.2. The lowest BCUT2D eigenvalue weighted by Crippen LogP contribution is -2.22. The second-order valence-corrected chi connectivity index (χ2v) is 10.8. The molecule has 3 N–H and O–H groups in total. The molecule has 262 valence electrons. The Morgan fingerprint density at radius 2 is 1.40 bits per heavy atom. The predicted molar refractivity (Wildman–Crippen MR) is 170 cm³/mol. The number of amides is 2. The van der Waals surface area contributed by atoms with Gasteiger partial charge in [-0.15, -0.1) is 4.80 Å². The molecule has 0 spiro atoms. The van der Waals surface area contributed by atoms with Crippen molar-refractivity contribution in [3.8, 4) is 5.82 Å². The first-order chi connectivity index (χ1) is 23.7. The summed E-state index contributed by atoms with van der Waals surface area (Å²) in [5.74, 6) is -1.54. The fourth-order valence-corrected chi connectivity index (χ4v) is 4.94. The average molecular weight is 697 g/mol. The average Bonchev–Trinajstić information content (AvgIpc) is 3.82. The van der Waals surface area contributed by atoms with Crippen LogP contribution in [-0.2, 0) is 15.7 Å². The molecule has 0 aliphatic rings. The van der Waals surface area contributed by atoms with E-state index in [0.29, 0.717) is 33.8 Å². The lowest BCUT2D eigenvalue weighted by molar-refractivity contribution is -0.137. The number of urea groups is 1. The zero-order valence-corrected chi connectivity index (χ0v) is 27.5. The number of nitrogens with one attached hydrogen (secondary N) is 2. The van der Waals surface area contributed by atoms with Gasteiger partial charge < -0.3 is 25.2 Å². The summed E-state index contributed by atoms with van der Waals surface area (Å²) >= 11 is 0. The van der Waals surface area contributed by atoms with Crippen LogP contribution >= 0.6 is 0 Å². The minimum atomic E-state index is -4.75. The van der Waals surface area contributed by atoms with Crippen molar-refractivity contribution < 1.29 is 37.3 Å². The Morgan fingerprint density at radius 3 is 1.96 bits per heavy atom. The Balaban J connectivity index is 0.000000240. The van der Waals surface area contributed by atoms with Crippen molar-refractivity contribution in [2.45, 2.75) is 46.1 Å². The number of fused-ring (bicyclic) bond motifs is 2. The Hall–Kier alpha value is -6.02. The number of carbonyl (C=O) groups excluding carboxylic acids is 1. The van der Waals surface area contributed by atoms with Crippen LogP contribution < -0.4 is 10.6 Å². The fourth-order valence-electron chi connectivity index (χ4n) is 4.94. The lowest BCUT2D eigenvalue weighted by atomic mass is 10.1. The zero-order valence-electron chi connectivity index (χ0n) is 27.5. The number of halogens is 3. The quantitative estimate of drug-likeness (QED) is 0.196. The van der Waals surface area contributed by atoms with Gasteiger partial charge in [-0.05, 0) is 33.8 Å². The molecule has 6 heterocycles. The van der Waals surface area contributed by atoms with Crippen molar-refractivity contribution in [3.05, 3.63) is 83.1 Å². The first kappa shape index (κ1) is 35.3. The Morgan fingerprint density at radius 1 is 0.840 bits per heavy atom. The first-order valence-corrected chi connectivity index (χ1v) is 14.7. The number of aromatic nitrogens is 10. The van der Waals surface area contributed by atoms with E-state index in [1.165, 1.54) is 39.0 Å². The normalized spacial score (nSPS) is 12.7. The zero-order chi connectivity index (χ0) is 36.3. The number of ether oxygens (including phenoxy) is 2. The van der Waals surface area contributed by atoms with E-state index in [-0.39, 0.29) is 17.4 Å². The number of hydrogen-bond acceptors (Lipinski definition) is 11. The van der Waals surface area contributed by atoms with Gasteiger partial charge in [-0.3, -0.25) is 0 Å². The van der Waals surface area contributed by atoms with E-state index >= 15 is 0 Å². The number of rotatable bonds is 8. The molecule has 2 atom stereocenters. The topological polar surface area (TPSA) is 201 Å². The monoisotopic (exact) mass is 696 g/mol. The van der Waals surface area contributed by atoms with Crippen molar-refractivity contribution >= 4 is 34.7 Å². The number of hydrogen-bond donors (Lipinski definition) is 3. The Kier molecular flexibility index (Phi) is 10.0. The van der Waals surface area contributed by atoms with Crippen LogP contribution in [0.1, 0.15) is 64.5 Å². The number of aryl methyl sites for hydroxylation is 2. The van der Waals surface area contributed by atoms with E-state index in [1.807, 2.05) is 6.92 Å². The van der Waals surface area contributed by atoms with Crippen LogP contribution in [0.25, 0.3) is 17.1 Å². The molecule has 0 aromatic carbocycles. The summed E-state index contributed by atoms with van der Waals surface area (Å²) in [6, 6.07) is -0.0440. The molecule has 0 fully saturated rings. The highest BCUT2D eigenvalue weighted by Crippen LogP contribution is 2.34. The van der Waals surface area contributed by atoms with Gasteiger partial charge >= 0.3 is 18.2 Å². The number of alkyl halides is 3. The number of carboxylic acids is 1. The van der Waals surface area contributed by atoms with Crippen LogP contribution in [-0.4, -0.2) is 80.5 Å². The third-order valence-electron chi connectivity index (χ3n) is 7.34. The maximum Gasteiger partial charge on any atom is 0.420 e. The summed E-state index contributed by atoms with van der Waals surface area (Å²) in [5, 5.41) is 29.7. The number of pyridine rings is 1. The van der Waals surface area contributed by atoms with Gasteiger partial charge in [0.25, 0.3) is 0 Å². The molecule has 20 heteroatoms. The number of anilines is 2. The highest BCUT2D eigenvalue weighted by atomic mass is 19.4. The number of carbonyl (C=O) groups is 2. The van der Waals surface area contributed by atoms with Gasteiger partial charge in [0.1, 0.15) is 5.56 Å². The smallest absolute Gasteiger partial charge is 0.420 e. The number of imidazole rings is 2. The third kappa shape index (κ3) is 7.34. The lowest BCUT2D eigenvalue weighted by Gasteiger charge is -2.17. The third-order valence-corrected chi connectivity index (χ3v) is 7.34. The van der Waals surface area contributed by atoms with Crippen LogP contribution in [0.3, 0.4) is 0 Å². The fraction of sp³-hybridized carbons (Fsp3) is 0.300. The first-order valence-electron chi connectivity index (χ1n) is 14.7. The Bertz CT molecular complexity index is 2160. The van der Waals surface area contributed by atoms with Crippen molar-refractivity contribution in [2.24, 2.45) is 0 Å². The van der Waals surface area contributed by atoms with Crippen LogP contribution in [0, 0.1) is 13.8 Å². The molecule has 0 bridgehead atoms. The summed E-state index contributed by atoms with van der Waals surface area (Å²) < 4.78 is 54.4. The van der Waals surface area contributed by atoms with Crippen LogP contribution in [0.15, 0.2) is 49.4 Å². The van der Waals surface area contributed by atoms with E-state index in [2.05, 4.69) is 46.0 Å². The van der Waals surface area contributed by atoms with Gasteiger partial charge in [0.05, 0.1) is 89.5 Å². The van der Waals surface area contributed by atoms with E-state index in [9.17, 15) is 22.8 Å². The summed E-state index contributed by atoms with van der Waals surface area (Å²) in [7, 11) is 3.03. The molecule has 6 rings (SSSR count). The van der Waals surface area contributed by atoms with Crippen molar-refractivity contribution in [3.63, 3.8) is 0 Å². The van der Waals surface area contributed by atoms with Gasteiger partial charge in [-0.1, -0.05) is 0 Å². The minimum absolute atomic E-state index is 0.123. The van der Waals surface area contributed by atoms with Gasteiger partial charge in [0, 0.05) is 19.8 Å². The predicted octanol–water partition coefficient (Wildman–Crippen LogP) is 4.83. The van der Waals surface area contributed by atoms with E-state index in [4.69, 9.17) is 14.6 Å². The molecule has 0 saturated carbocycles. The van der Waals surface area contributed by atoms with Crippen molar-refractivity contribution in [1.82, 2.24) is 49.2 Å². The van der Waals surface area contributed by atoms with Crippen LogP contribution in [0.2, 0.25) is 0 Å². The molecule has 0 aliphatic heterocycles. The molecular weight excluding hydrogens is 665 g/mol. The van der Waals surface area contributed by atoms with Gasteiger partial charge in [0.2, 0.25) is 0 Å². The van der Waals surface area contributed by atoms with E-state index < -0.39 is 35.7 Å². The maximum absolute atomic E-state index is 13.6. The summed E-state index contributed by atoms with van der Waals surface area (Å²) in [5.41, 5.74) is 2.74. The van der Waals surface area contributed by atoms with Crippen molar-refractivity contribution in [1.29, 1.82) is 0 Å². The number of nitrogens with zero attached hydrogens (tertiary/aromatic N) is 10. The number of aromatic carboxylic acids is 1. The van der Waals surface area contributed by atoms with Gasteiger partial charge in [0.15, 0.2) is 17.1 Å². The SMILES string of the molecule is COC(C)c1c(C(=O)O)cnn2cc(C)nc12.COC(C)c1c(NC(=O)Nc2cnc(-n3nccn3)c(C(F)(F)F)c2)cnn2cc(C)nc12. The molecule has 6 aromatic heterocycles. The molecule has 17 nitrogen and oxygen atoms in total. The maximum atomic E-state index is 13.6. The largest absolute Gasteiger partial charge is 0.478 e. The van der Waals surface area contributed by atoms with Crippen LogP contribution in [0.4, 0.5) is 29.3 Å². The summed E-state index contributed by atoms with van der Waals surface area (Å²) in [4.78, 5) is 37.0. The molecule has 2 amide bonds. The highest BCUT2D eigenvalue weighted by molar-refractivity contribution is 6.00. The molecule has 2 unspecified atom stereocenters. The Labute approximate surface area is 281 Å². The number of carboxylic acid groups (broad SMARTS) is 1. The highest BCUT2D eigenvalue weighted by Gasteiger charge is 2.36. The minimum Gasteiger partial charge on any atom is -0.478 e. The molecule has 0 aliphatic carbocycles. The molecule has 6 aromatic rings. The van der Waals surface area contributed by atoms with Gasteiger partial charge in [-0.25, -0.2) is 33.6 Å². The van der Waals surface area contributed by atoms with Crippen molar-refractivity contribution in [2.75, 3.05) is 24.9 Å².